The van der Waals surface area contributed by atoms with Crippen molar-refractivity contribution in [2.75, 3.05) is 26.2 Å². The molecule has 2 atom stereocenters. The molecule has 1 aliphatic heterocycles. The van der Waals surface area contributed by atoms with E-state index < -0.39 is 5.97 Å². The molecule has 1 heterocycles. The highest BCUT2D eigenvalue weighted by Gasteiger charge is 2.36. The van der Waals surface area contributed by atoms with Crippen LogP contribution in [0.15, 0.2) is 24.3 Å². The third-order valence-corrected chi connectivity index (χ3v) is 5.55. The number of piperazine rings is 1. The molecule has 0 radical (unpaired) electrons. The van der Waals surface area contributed by atoms with Gasteiger partial charge in [-0.1, -0.05) is 29.8 Å². The summed E-state index contributed by atoms with van der Waals surface area (Å²) in [5.41, 5.74) is 2.18. The van der Waals surface area contributed by atoms with E-state index in [1.54, 1.807) is 4.90 Å². The first kappa shape index (κ1) is 18.4. The highest BCUT2D eigenvalue weighted by molar-refractivity contribution is 5.82. The largest absolute Gasteiger partial charge is 0.481 e. The number of benzene rings is 1. The maximum atomic E-state index is 12.6. The minimum Gasteiger partial charge on any atom is -0.481 e. The van der Waals surface area contributed by atoms with Gasteiger partial charge in [0.2, 0.25) is 11.8 Å². The first-order chi connectivity index (χ1) is 12.4. The smallest absolute Gasteiger partial charge is 0.306 e. The van der Waals surface area contributed by atoms with Crippen LogP contribution in [0.2, 0.25) is 0 Å². The molecule has 1 aromatic rings. The fraction of sp³-hybridized carbons (Fsp3) is 0.550. The first-order valence-corrected chi connectivity index (χ1v) is 9.29. The Bertz CT molecular complexity index is 678. The molecule has 1 N–H and O–H groups in total. The molecule has 1 saturated carbocycles. The van der Waals surface area contributed by atoms with Crippen LogP contribution in [0.25, 0.3) is 0 Å². The van der Waals surface area contributed by atoms with Crippen molar-refractivity contribution >= 4 is 17.8 Å². The SMILES string of the molecule is Cc1ccc(CC(=O)N2CCN(C(=O)[C@@H]3CC[C@H](C(=O)O)C3)CC2)cc1. The van der Waals surface area contributed by atoms with Gasteiger partial charge >= 0.3 is 5.97 Å². The summed E-state index contributed by atoms with van der Waals surface area (Å²) >= 11 is 0. The Kier molecular flexibility index (Phi) is 5.59. The number of hydrogen-bond acceptors (Lipinski definition) is 3. The summed E-state index contributed by atoms with van der Waals surface area (Å²) in [6, 6.07) is 7.97. The molecule has 0 unspecified atom stereocenters. The van der Waals surface area contributed by atoms with Crippen LogP contribution >= 0.6 is 0 Å². The van der Waals surface area contributed by atoms with Crippen molar-refractivity contribution in [1.82, 2.24) is 9.80 Å². The lowest BCUT2D eigenvalue weighted by Gasteiger charge is -2.36. The van der Waals surface area contributed by atoms with Crippen LogP contribution in [-0.4, -0.2) is 58.9 Å². The topological polar surface area (TPSA) is 77.9 Å². The number of hydrogen-bond donors (Lipinski definition) is 1. The van der Waals surface area contributed by atoms with E-state index in [1.165, 1.54) is 5.56 Å². The van der Waals surface area contributed by atoms with Crippen LogP contribution < -0.4 is 0 Å². The maximum Gasteiger partial charge on any atom is 0.306 e. The average molecular weight is 358 g/mol. The molecule has 2 amide bonds. The van der Waals surface area contributed by atoms with Crippen LogP contribution in [0.4, 0.5) is 0 Å². The normalized spacial score (nSPS) is 23.1. The van der Waals surface area contributed by atoms with E-state index in [9.17, 15) is 14.4 Å². The van der Waals surface area contributed by atoms with Gasteiger partial charge in [-0.2, -0.15) is 0 Å². The van der Waals surface area contributed by atoms with Crippen LogP contribution in [0, 0.1) is 18.8 Å². The average Bonchev–Trinajstić information content (AvgIpc) is 3.13. The summed E-state index contributed by atoms with van der Waals surface area (Å²) in [6.45, 7) is 4.18. The van der Waals surface area contributed by atoms with Crippen molar-refractivity contribution in [3.8, 4) is 0 Å². The summed E-state index contributed by atoms with van der Waals surface area (Å²) in [7, 11) is 0. The molecule has 6 nitrogen and oxygen atoms in total. The fourth-order valence-electron chi connectivity index (χ4n) is 3.86. The van der Waals surface area contributed by atoms with Gasteiger partial charge in [-0.3, -0.25) is 14.4 Å². The van der Waals surface area contributed by atoms with E-state index in [4.69, 9.17) is 5.11 Å². The monoisotopic (exact) mass is 358 g/mol. The summed E-state index contributed by atoms with van der Waals surface area (Å²) in [4.78, 5) is 39.7. The van der Waals surface area contributed by atoms with Crippen LogP contribution in [0.3, 0.4) is 0 Å². The van der Waals surface area contributed by atoms with Gasteiger partial charge in [-0.15, -0.1) is 0 Å². The maximum absolute atomic E-state index is 12.6. The number of rotatable bonds is 4. The number of carboxylic acids is 1. The molecule has 1 aromatic carbocycles. The Hall–Kier alpha value is -2.37. The van der Waals surface area contributed by atoms with Gasteiger partial charge in [0.1, 0.15) is 0 Å². The quantitative estimate of drug-likeness (QED) is 0.889. The predicted octanol–water partition coefficient (Wildman–Crippen LogP) is 1.71. The van der Waals surface area contributed by atoms with E-state index in [0.717, 1.165) is 5.56 Å². The van der Waals surface area contributed by atoms with Gasteiger partial charge < -0.3 is 14.9 Å². The van der Waals surface area contributed by atoms with Gasteiger partial charge in [0, 0.05) is 32.1 Å². The van der Waals surface area contributed by atoms with E-state index in [2.05, 4.69) is 0 Å². The molecule has 1 saturated heterocycles. The second-order valence-corrected chi connectivity index (χ2v) is 7.41. The van der Waals surface area contributed by atoms with Crippen LogP contribution in [-0.2, 0) is 20.8 Å². The second kappa shape index (κ2) is 7.89. The van der Waals surface area contributed by atoms with E-state index >= 15 is 0 Å². The second-order valence-electron chi connectivity index (χ2n) is 7.41. The zero-order chi connectivity index (χ0) is 18.7. The summed E-state index contributed by atoms with van der Waals surface area (Å²) in [5, 5.41) is 9.09. The molecule has 0 bridgehead atoms. The standard InChI is InChI=1S/C20H26N2O4/c1-14-2-4-15(5-3-14)12-18(23)21-8-10-22(11-9-21)19(24)16-6-7-17(13-16)20(25)26/h2-5,16-17H,6-13H2,1H3,(H,25,26)/t16-,17+/m1/s1. The minimum atomic E-state index is -0.799. The highest BCUT2D eigenvalue weighted by Crippen LogP contribution is 2.32. The Labute approximate surface area is 153 Å². The van der Waals surface area contributed by atoms with Crippen molar-refractivity contribution in [2.24, 2.45) is 11.8 Å². The third kappa shape index (κ3) is 4.23. The Morgan fingerprint density at radius 3 is 2.12 bits per heavy atom. The van der Waals surface area contributed by atoms with E-state index in [-0.39, 0.29) is 23.7 Å². The molecule has 6 heteroatoms. The van der Waals surface area contributed by atoms with E-state index in [0.29, 0.717) is 51.9 Å². The number of aryl methyl sites for hydroxylation is 1. The molecule has 0 aromatic heterocycles. The molecule has 2 fully saturated rings. The lowest BCUT2D eigenvalue weighted by molar-refractivity contribution is -0.143. The van der Waals surface area contributed by atoms with Gasteiger partial charge in [0.05, 0.1) is 12.3 Å². The predicted molar refractivity (Wildman–Crippen MR) is 96.5 cm³/mol. The van der Waals surface area contributed by atoms with Gasteiger partial charge in [0.15, 0.2) is 0 Å². The summed E-state index contributed by atoms with van der Waals surface area (Å²) in [6.07, 6.45) is 2.07. The Morgan fingerprint density at radius 2 is 1.54 bits per heavy atom. The van der Waals surface area contributed by atoms with Gasteiger partial charge in [0.25, 0.3) is 0 Å². The number of carbonyl (C=O) groups is 3. The number of nitrogens with zero attached hydrogens (tertiary/aromatic N) is 2. The lowest BCUT2D eigenvalue weighted by atomic mass is 10.0. The third-order valence-electron chi connectivity index (χ3n) is 5.55. The molecule has 3 rings (SSSR count). The zero-order valence-electron chi connectivity index (χ0n) is 15.2. The molecule has 26 heavy (non-hydrogen) atoms. The van der Waals surface area contributed by atoms with Crippen molar-refractivity contribution < 1.29 is 19.5 Å². The zero-order valence-corrected chi connectivity index (χ0v) is 15.2. The molecular formula is C20H26N2O4. The fourth-order valence-corrected chi connectivity index (χ4v) is 3.86. The number of amides is 2. The van der Waals surface area contributed by atoms with Gasteiger partial charge in [-0.25, -0.2) is 0 Å². The summed E-state index contributed by atoms with van der Waals surface area (Å²) in [5.74, 6) is -1.22. The molecule has 0 spiro atoms. The van der Waals surface area contributed by atoms with Crippen molar-refractivity contribution in [2.45, 2.75) is 32.6 Å². The first-order valence-electron chi connectivity index (χ1n) is 9.29. The molecule has 140 valence electrons. The van der Waals surface area contributed by atoms with Gasteiger partial charge in [-0.05, 0) is 31.7 Å². The summed E-state index contributed by atoms with van der Waals surface area (Å²) < 4.78 is 0. The van der Waals surface area contributed by atoms with Crippen molar-refractivity contribution in [1.29, 1.82) is 0 Å². The lowest BCUT2D eigenvalue weighted by Crippen LogP contribution is -2.52. The minimum absolute atomic E-state index is 0.0550. The van der Waals surface area contributed by atoms with Crippen LogP contribution in [0.5, 0.6) is 0 Å². The molecule has 2 aliphatic rings. The highest BCUT2D eigenvalue weighted by atomic mass is 16.4. The Balaban J connectivity index is 1.48. The van der Waals surface area contributed by atoms with Crippen LogP contribution in [0.1, 0.15) is 30.4 Å². The number of carboxylic acid groups (broad SMARTS) is 1. The Morgan fingerprint density at radius 1 is 0.962 bits per heavy atom. The van der Waals surface area contributed by atoms with Crippen molar-refractivity contribution in [3.63, 3.8) is 0 Å². The molecular weight excluding hydrogens is 332 g/mol. The number of aliphatic carboxylic acids is 1. The molecule has 1 aliphatic carbocycles. The van der Waals surface area contributed by atoms with Crippen molar-refractivity contribution in [3.05, 3.63) is 35.4 Å². The number of carbonyl (C=O) groups excluding carboxylic acids is 2. The van der Waals surface area contributed by atoms with E-state index in [1.807, 2.05) is 36.1 Å².